The zero-order valence-corrected chi connectivity index (χ0v) is 18.4. The Morgan fingerprint density at radius 1 is 0.967 bits per heavy atom. The number of fused-ring (bicyclic) bond motifs is 1. The van der Waals surface area contributed by atoms with E-state index in [2.05, 4.69) is 0 Å². The predicted molar refractivity (Wildman–Crippen MR) is 114 cm³/mol. The molecule has 10 heteroatoms. The molecule has 2 amide bonds. The van der Waals surface area contributed by atoms with Crippen molar-refractivity contribution in [2.75, 3.05) is 57.3 Å². The van der Waals surface area contributed by atoms with Crippen LogP contribution in [0, 0.1) is 0 Å². The standard InChI is InChI=1S/C20H30N4O5S/c1-3-22(4-2)30(27,28)23-13-11-21(12-14-23)19(25)9-10-20(26)24-15-16-29-18-8-6-5-7-17(18)24/h5-8H,3-4,9-16H2,1-2H3. The van der Waals surface area contributed by atoms with Gasteiger partial charge in [-0.1, -0.05) is 26.0 Å². The maximum Gasteiger partial charge on any atom is 0.282 e. The van der Waals surface area contributed by atoms with Crippen molar-refractivity contribution in [1.29, 1.82) is 0 Å². The number of anilines is 1. The Morgan fingerprint density at radius 2 is 1.60 bits per heavy atom. The number of hydrogen-bond donors (Lipinski definition) is 0. The van der Waals surface area contributed by atoms with Crippen molar-refractivity contribution in [3.8, 4) is 5.75 Å². The van der Waals surface area contributed by atoms with Gasteiger partial charge in [-0.05, 0) is 12.1 Å². The van der Waals surface area contributed by atoms with Crippen molar-refractivity contribution in [2.45, 2.75) is 26.7 Å². The molecule has 2 aliphatic rings. The molecule has 9 nitrogen and oxygen atoms in total. The van der Waals surface area contributed by atoms with Crippen molar-refractivity contribution in [2.24, 2.45) is 0 Å². The number of hydrogen-bond acceptors (Lipinski definition) is 5. The summed E-state index contributed by atoms with van der Waals surface area (Å²) in [7, 11) is -3.49. The van der Waals surface area contributed by atoms with E-state index in [4.69, 9.17) is 4.74 Å². The molecule has 0 radical (unpaired) electrons. The molecule has 0 saturated carbocycles. The van der Waals surface area contributed by atoms with E-state index in [9.17, 15) is 18.0 Å². The fourth-order valence-electron chi connectivity index (χ4n) is 3.82. The van der Waals surface area contributed by atoms with E-state index >= 15 is 0 Å². The van der Waals surface area contributed by atoms with Gasteiger partial charge in [-0.3, -0.25) is 9.59 Å². The third-order valence-electron chi connectivity index (χ3n) is 5.53. The van der Waals surface area contributed by atoms with E-state index in [1.54, 1.807) is 9.80 Å². The van der Waals surface area contributed by atoms with Crippen LogP contribution in [0.25, 0.3) is 0 Å². The van der Waals surface area contributed by atoms with E-state index in [-0.39, 0.29) is 37.7 Å². The van der Waals surface area contributed by atoms with Crippen molar-refractivity contribution < 1.29 is 22.7 Å². The van der Waals surface area contributed by atoms with E-state index in [1.807, 2.05) is 38.1 Å². The molecule has 0 N–H and O–H groups in total. The summed E-state index contributed by atoms with van der Waals surface area (Å²) in [4.78, 5) is 28.6. The average molecular weight is 439 g/mol. The summed E-state index contributed by atoms with van der Waals surface area (Å²) >= 11 is 0. The molecule has 0 bridgehead atoms. The first-order valence-electron chi connectivity index (χ1n) is 10.4. The Bertz CT molecular complexity index is 864. The van der Waals surface area contributed by atoms with Crippen molar-refractivity contribution in [1.82, 2.24) is 13.5 Å². The Labute approximate surface area is 178 Å². The Balaban J connectivity index is 1.51. The molecule has 0 spiro atoms. The number of benzene rings is 1. The molecule has 0 aliphatic carbocycles. The molecule has 1 aromatic carbocycles. The lowest BCUT2D eigenvalue weighted by Crippen LogP contribution is -2.54. The lowest BCUT2D eigenvalue weighted by Gasteiger charge is -2.36. The van der Waals surface area contributed by atoms with Gasteiger partial charge in [0.25, 0.3) is 10.2 Å². The van der Waals surface area contributed by atoms with Crippen LogP contribution in [0.1, 0.15) is 26.7 Å². The number of piperazine rings is 1. The molecular weight excluding hydrogens is 408 g/mol. The van der Waals surface area contributed by atoms with E-state index in [0.29, 0.717) is 45.1 Å². The van der Waals surface area contributed by atoms with Crippen LogP contribution in [-0.4, -0.2) is 86.2 Å². The first-order valence-corrected chi connectivity index (χ1v) is 11.8. The quantitative estimate of drug-likeness (QED) is 0.632. The Kier molecular flexibility index (Phi) is 7.32. The third-order valence-corrected chi connectivity index (χ3v) is 7.72. The predicted octanol–water partition coefficient (Wildman–Crippen LogP) is 0.923. The highest BCUT2D eigenvalue weighted by Gasteiger charge is 2.32. The van der Waals surface area contributed by atoms with E-state index in [0.717, 1.165) is 5.69 Å². The van der Waals surface area contributed by atoms with Crippen molar-refractivity contribution in [3.63, 3.8) is 0 Å². The molecule has 1 saturated heterocycles. The molecule has 1 fully saturated rings. The molecular formula is C20H30N4O5S. The zero-order valence-electron chi connectivity index (χ0n) is 17.6. The summed E-state index contributed by atoms with van der Waals surface area (Å²) < 4.78 is 33.6. The first-order chi connectivity index (χ1) is 14.4. The van der Waals surface area contributed by atoms with E-state index in [1.165, 1.54) is 8.61 Å². The summed E-state index contributed by atoms with van der Waals surface area (Å²) in [6.45, 7) is 6.59. The lowest BCUT2D eigenvalue weighted by atomic mass is 10.2. The van der Waals surface area contributed by atoms with Gasteiger partial charge in [-0.2, -0.15) is 17.0 Å². The smallest absolute Gasteiger partial charge is 0.282 e. The van der Waals surface area contributed by atoms with Gasteiger partial charge >= 0.3 is 0 Å². The fourth-order valence-corrected chi connectivity index (χ4v) is 5.42. The number of amides is 2. The lowest BCUT2D eigenvalue weighted by molar-refractivity contribution is -0.134. The number of ether oxygens (including phenoxy) is 1. The number of nitrogens with zero attached hydrogens (tertiary/aromatic N) is 4. The number of para-hydroxylation sites is 2. The van der Waals surface area contributed by atoms with Gasteiger partial charge in [0.15, 0.2) is 0 Å². The van der Waals surface area contributed by atoms with Crippen LogP contribution in [0.4, 0.5) is 5.69 Å². The van der Waals surface area contributed by atoms with Crippen molar-refractivity contribution in [3.05, 3.63) is 24.3 Å². The first kappa shape index (κ1) is 22.5. The van der Waals surface area contributed by atoms with Crippen LogP contribution < -0.4 is 9.64 Å². The van der Waals surface area contributed by atoms with E-state index < -0.39 is 10.2 Å². The second-order valence-corrected chi connectivity index (χ2v) is 9.16. The minimum atomic E-state index is -3.49. The summed E-state index contributed by atoms with van der Waals surface area (Å²) in [6, 6.07) is 7.37. The molecule has 2 heterocycles. The molecule has 30 heavy (non-hydrogen) atoms. The van der Waals surface area contributed by atoms with Gasteiger partial charge in [-0.15, -0.1) is 0 Å². The summed E-state index contributed by atoms with van der Waals surface area (Å²) in [6.07, 6.45) is 0.228. The summed E-state index contributed by atoms with van der Waals surface area (Å²) in [5.74, 6) is 0.445. The van der Waals surface area contributed by atoms with Crippen LogP contribution in [0.15, 0.2) is 24.3 Å². The highest BCUT2D eigenvalue weighted by Crippen LogP contribution is 2.31. The maximum absolute atomic E-state index is 12.7. The van der Waals surface area contributed by atoms with Crippen molar-refractivity contribution >= 4 is 27.7 Å². The molecule has 2 aliphatic heterocycles. The Hall–Kier alpha value is -2.17. The topological polar surface area (TPSA) is 90.5 Å². The van der Waals surface area contributed by atoms with Crippen LogP contribution in [0.5, 0.6) is 5.75 Å². The van der Waals surface area contributed by atoms with Crippen LogP contribution in [0.2, 0.25) is 0 Å². The molecule has 1 aromatic rings. The second kappa shape index (κ2) is 9.76. The van der Waals surface area contributed by atoms with Gasteiger partial charge < -0.3 is 14.5 Å². The van der Waals surface area contributed by atoms with Crippen LogP contribution >= 0.6 is 0 Å². The Morgan fingerprint density at radius 3 is 2.27 bits per heavy atom. The minimum absolute atomic E-state index is 0.109. The number of carbonyl (C=O) groups excluding carboxylic acids is 2. The highest BCUT2D eigenvalue weighted by molar-refractivity contribution is 7.86. The fraction of sp³-hybridized carbons (Fsp3) is 0.600. The molecule has 3 rings (SSSR count). The van der Waals surface area contributed by atoms with Gasteiger partial charge in [0.2, 0.25) is 11.8 Å². The number of rotatable bonds is 7. The SMILES string of the molecule is CCN(CC)S(=O)(=O)N1CCN(C(=O)CCC(=O)N2CCOc3ccccc32)CC1. The molecule has 0 aromatic heterocycles. The maximum atomic E-state index is 12.7. The monoisotopic (exact) mass is 438 g/mol. The minimum Gasteiger partial charge on any atom is -0.490 e. The summed E-state index contributed by atoms with van der Waals surface area (Å²) in [5, 5.41) is 0. The van der Waals surface area contributed by atoms with Gasteiger partial charge in [0.05, 0.1) is 12.2 Å². The summed E-state index contributed by atoms with van der Waals surface area (Å²) in [5.41, 5.74) is 0.733. The third kappa shape index (κ3) is 4.76. The zero-order chi connectivity index (χ0) is 21.7. The largest absolute Gasteiger partial charge is 0.490 e. The average Bonchev–Trinajstić information content (AvgIpc) is 2.77. The van der Waals surface area contributed by atoms with Gasteiger partial charge in [0, 0.05) is 52.1 Å². The second-order valence-electron chi connectivity index (χ2n) is 7.23. The highest BCUT2D eigenvalue weighted by atomic mass is 32.2. The molecule has 166 valence electrons. The van der Waals surface area contributed by atoms with Crippen LogP contribution in [-0.2, 0) is 19.8 Å². The van der Waals surface area contributed by atoms with Crippen LogP contribution in [0.3, 0.4) is 0 Å². The molecule has 0 atom stereocenters. The van der Waals surface area contributed by atoms with Gasteiger partial charge in [-0.25, -0.2) is 0 Å². The molecule has 0 unspecified atom stereocenters. The normalized spacial score (nSPS) is 17.6. The van der Waals surface area contributed by atoms with Gasteiger partial charge in [0.1, 0.15) is 12.4 Å². The number of carbonyl (C=O) groups is 2.